The topological polar surface area (TPSA) is 67.1 Å². The number of likely N-dealkylation sites (tertiary alicyclic amines) is 1. The molecular formula is C8H15N5S. The van der Waals surface area contributed by atoms with Crippen LogP contribution in [0.15, 0.2) is 0 Å². The van der Waals surface area contributed by atoms with Gasteiger partial charge in [0.1, 0.15) is 5.01 Å². The van der Waals surface area contributed by atoms with Crippen LogP contribution < -0.4 is 11.3 Å². The quantitative estimate of drug-likeness (QED) is 0.574. The second-order valence-corrected chi connectivity index (χ2v) is 4.54. The van der Waals surface area contributed by atoms with E-state index in [1.807, 2.05) is 0 Å². The average Bonchev–Trinajstić information content (AvgIpc) is 2.67. The lowest BCUT2D eigenvalue weighted by atomic mass is 10.1. The zero-order valence-electron chi connectivity index (χ0n) is 8.07. The number of nitrogens with zero attached hydrogens (tertiary/aromatic N) is 3. The Morgan fingerprint density at radius 2 is 2.07 bits per heavy atom. The van der Waals surface area contributed by atoms with Gasteiger partial charge in [0.2, 0.25) is 5.13 Å². The van der Waals surface area contributed by atoms with E-state index < -0.39 is 0 Å². The van der Waals surface area contributed by atoms with Gasteiger partial charge in [0.05, 0.1) is 6.54 Å². The Bertz CT molecular complexity index is 281. The van der Waals surface area contributed by atoms with Crippen molar-refractivity contribution in [3.05, 3.63) is 5.01 Å². The van der Waals surface area contributed by atoms with Crippen molar-refractivity contribution < 1.29 is 0 Å². The molecule has 2 rings (SSSR count). The minimum atomic E-state index is 0.692. The Labute approximate surface area is 87.3 Å². The van der Waals surface area contributed by atoms with Crippen molar-refractivity contribution >= 4 is 16.5 Å². The van der Waals surface area contributed by atoms with E-state index >= 15 is 0 Å². The van der Waals surface area contributed by atoms with Crippen molar-refractivity contribution in [3.8, 4) is 0 Å². The molecule has 78 valence electrons. The summed E-state index contributed by atoms with van der Waals surface area (Å²) in [5.41, 5.74) is 2.51. The van der Waals surface area contributed by atoms with E-state index in [0.717, 1.165) is 11.6 Å². The summed E-state index contributed by atoms with van der Waals surface area (Å²) in [6.07, 6.45) is 3.98. The van der Waals surface area contributed by atoms with Gasteiger partial charge in [0, 0.05) is 0 Å². The van der Waals surface area contributed by atoms with Gasteiger partial charge in [-0.15, -0.1) is 10.2 Å². The fourth-order valence-corrected chi connectivity index (χ4v) is 2.38. The molecule has 3 N–H and O–H groups in total. The molecular weight excluding hydrogens is 198 g/mol. The van der Waals surface area contributed by atoms with Crippen LogP contribution in [-0.4, -0.2) is 28.2 Å². The molecule has 0 saturated carbocycles. The predicted molar refractivity (Wildman–Crippen MR) is 56.8 cm³/mol. The van der Waals surface area contributed by atoms with Crippen molar-refractivity contribution in [2.75, 3.05) is 18.5 Å². The van der Waals surface area contributed by atoms with Crippen LogP contribution in [-0.2, 0) is 6.54 Å². The van der Waals surface area contributed by atoms with E-state index in [4.69, 9.17) is 5.84 Å². The van der Waals surface area contributed by atoms with E-state index in [2.05, 4.69) is 20.5 Å². The monoisotopic (exact) mass is 213 g/mol. The standard InChI is InChI=1S/C8H15N5S/c9-10-8-12-11-7(14-8)6-13-4-2-1-3-5-13/h1-6,9H2,(H,10,12). The lowest BCUT2D eigenvalue weighted by Gasteiger charge is -2.24. The maximum absolute atomic E-state index is 5.24. The van der Waals surface area contributed by atoms with E-state index in [1.54, 1.807) is 0 Å². The van der Waals surface area contributed by atoms with Crippen molar-refractivity contribution in [3.63, 3.8) is 0 Å². The van der Waals surface area contributed by atoms with Gasteiger partial charge in [-0.1, -0.05) is 17.8 Å². The summed E-state index contributed by atoms with van der Waals surface area (Å²) in [6, 6.07) is 0. The van der Waals surface area contributed by atoms with Gasteiger partial charge in [0.25, 0.3) is 0 Å². The zero-order valence-corrected chi connectivity index (χ0v) is 8.89. The molecule has 0 bridgehead atoms. The molecule has 0 spiro atoms. The lowest BCUT2D eigenvalue weighted by molar-refractivity contribution is 0.220. The van der Waals surface area contributed by atoms with Crippen LogP contribution in [0.1, 0.15) is 24.3 Å². The molecule has 0 amide bonds. The first-order valence-corrected chi connectivity index (χ1v) is 5.71. The van der Waals surface area contributed by atoms with Crippen LogP contribution in [0.4, 0.5) is 5.13 Å². The number of hydrogen-bond acceptors (Lipinski definition) is 6. The molecule has 0 atom stereocenters. The molecule has 0 aromatic carbocycles. The summed E-state index contributed by atoms with van der Waals surface area (Å²) in [7, 11) is 0. The van der Waals surface area contributed by atoms with Gasteiger partial charge < -0.3 is 0 Å². The number of piperidine rings is 1. The fraction of sp³-hybridized carbons (Fsp3) is 0.750. The summed E-state index contributed by atoms with van der Waals surface area (Å²) in [6.45, 7) is 3.29. The number of rotatable bonds is 3. The molecule has 0 unspecified atom stereocenters. The van der Waals surface area contributed by atoms with Gasteiger partial charge in [-0.3, -0.25) is 10.3 Å². The van der Waals surface area contributed by atoms with Crippen LogP contribution in [0, 0.1) is 0 Å². The number of hydrazine groups is 1. The van der Waals surface area contributed by atoms with E-state index in [9.17, 15) is 0 Å². The molecule has 6 heteroatoms. The molecule has 1 fully saturated rings. The predicted octanol–water partition coefficient (Wildman–Crippen LogP) is 0.810. The highest BCUT2D eigenvalue weighted by molar-refractivity contribution is 7.15. The molecule has 1 aliphatic heterocycles. The highest BCUT2D eigenvalue weighted by atomic mass is 32.1. The van der Waals surface area contributed by atoms with Crippen LogP contribution in [0.5, 0.6) is 0 Å². The van der Waals surface area contributed by atoms with Crippen molar-refractivity contribution in [1.29, 1.82) is 0 Å². The van der Waals surface area contributed by atoms with Gasteiger partial charge in [-0.25, -0.2) is 5.84 Å². The average molecular weight is 213 g/mol. The third-order valence-electron chi connectivity index (χ3n) is 2.40. The Kier molecular flexibility index (Phi) is 3.28. The lowest BCUT2D eigenvalue weighted by Crippen LogP contribution is -2.28. The zero-order chi connectivity index (χ0) is 9.80. The molecule has 14 heavy (non-hydrogen) atoms. The van der Waals surface area contributed by atoms with Gasteiger partial charge in [-0.05, 0) is 25.9 Å². The number of hydrogen-bond donors (Lipinski definition) is 2. The molecule has 0 aliphatic carbocycles. The summed E-state index contributed by atoms with van der Waals surface area (Å²) in [5.74, 6) is 5.24. The number of anilines is 1. The first-order chi connectivity index (χ1) is 6.88. The largest absolute Gasteiger partial charge is 0.298 e. The summed E-state index contributed by atoms with van der Waals surface area (Å²) in [4.78, 5) is 2.42. The fourth-order valence-electron chi connectivity index (χ4n) is 1.68. The Balaban J connectivity index is 1.89. The molecule has 2 heterocycles. The SMILES string of the molecule is NNc1nnc(CN2CCCCC2)s1. The Morgan fingerprint density at radius 1 is 1.29 bits per heavy atom. The van der Waals surface area contributed by atoms with Crippen molar-refractivity contribution in [1.82, 2.24) is 15.1 Å². The molecule has 1 aromatic rings. The summed E-state index contributed by atoms with van der Waals surface area (Å²) >= 11 is 1.53. The second kappa shape index (κ2) is 4.68. The van der Waals surface area contributed by atoms with E-state index in [-0.39, 0.29) is 0 Å². The number of nitrogen functional groups attached to an aromatic ring is 1. The second-order valence-electron chi connectivity index (χ2n) is 3.48. The van der Waals surface area contributed by atoms with Crippen molar-refractivity contribution in [2.45, 2.75) is 25.8 Å². The first kappa shape index (κ1) is 9.82. The number of aromatic nitrogens is 2. The first-order valence-electron chi connectivity index (χ1n) is 4.90. The Hall–Kier alpha value is -0.720. The van der Waals surface area contributed by atoms with Crippen molar-refractivity contribution in [2.24, 2.45) is 5.84 Å². The van der Waals surface area contributed by atoms with E-state index in [0.29, 0.717) is 5.13 Å². The molecule has 5 nitrogen and oxygen atoms in total. The third kappa shape index (κ3) is 2.40. The molecule has 1 aliphatic rings. The third-order valence-corrected chi connectivity index (χ3v) is 3.24. The Morgan fingerprint density at radius 3 is 2.71 bits per heavy atom. The summed E-state index contributed by atoms with van der Waals surface area (Å²) < 4.78 is 0. The van der Waals surface area contributed by atoms with Crippen LogP contribution in [0.2, 0.25) is 0 Å². The maximum Gasteiger partial charge on any atom is 0.219 e. The minimum Gasteiger partial charge on any atom is -0.298 e. The van der Waals surface area contributed by atoms with Crippen LogP contribution >= 0.6 is 11.3 Å². The number of nitrogens with two attached hydrogens (primary N) is 1. The van der Waals surface area contributed by atoms with Gasteiger partial charge in [-0.2, -0.15) is 0 Å². The molecule has 1 saturated heterocycles. The highest BCUT2D eigenvalue weighted by Gasteiger charge is 2.12. The highest BCUT2D eigenvalue weighted by Crippen LogP contribution is 2.17. The van der Waals surface area contributed by atoms with E-state index in [1.165, 1.54) is 43.7 Å². The van der Waals surface area contributed by atoms with Crippen LogP contribution in [0.25, 0.3) is 0 Å². The molecule has 0 radical (unpaired) electrons. The smallest absolute Gasteiger partial charge is 0.219 e. The number of nitrogens with one attached hydrogen (secondary N) is 1. The normalized spacial score (nSPS) is 18.4. The van der Waals surface area contributed by atoms with Gasteiger partial charge >= 0.3 is 0 Å². The minimum absolute atomic E-state index is 0.692. The molecule has 1 aromatic heterocycles. The van der Waals surface area contributed by atoms with Gasteiger partial charge in [0.15, 0.2) is 0 Å². The maximum atomic E-state index is 5.24. The van der Waals surface area contributed by atoms with Crippen LogP contribution in [0.3, 0.4) is 0 Å². The summed E-state index contributed by atoms with van der Waals surface area (Å²) in [5, 5.41) is 9.70.